The van der Waals surface area contributed by atoms with Crippen LogP contribution in [0.15, 0.2) is 36.4 Å². The highest BCUT2D eigenvalue weighted by atomic mass is 35.5. The van der Waals surface area contributed by atoms with Gasteiger partial charge < -0.3 is 10.2 Å². The lowest BCUT2D eigenvalue weighted by molar-refractivity contribution is 0.0950. The fourth-order valence-electron chi connectivity index (χ4n) is 1.89. The van der Waals surface area contributed by atoms with E-state index in [1.165, 1.54) is 0 Å². The summed E-state index contributed by atoms with van der Waals surface area (Å²) in [6, 6.07) is 9.18. The lowest BCUT2D eigenvalue weighted by Crippen LogP contribution is -2.23. The van der Waals surface area contributed by atoms with E-state index in [-0.39, 0.29) is 17.1 Å². The average molecular weight is 325 g/mol. The molecule has 0 saturated carbocycles. The van der Waals surface area contributed by atoms with Crippen LogP contribution in [0.1, 0.15) is 15.9 Å². The van der Waals surface area contributed by atoms with Crippen LogP contribution in [0.5, 0.6) is 0 Å². The molecular formula is C16H15ClF2N2O. The number of carbonyl (C=O) groups is 1. The van der Waals surface area contributed by atoms with Gasteiger partial charge in [-0.1, -0.05) is 23.7 Å². The highest BCUT2D eigenvalue weighted by Gasteiger charge is 2.14. The molecule has 2 rings (SSSR count). The normalized spacial score (nSPS) is 10.4. The number of rotatable bonds is 4. The molecule has 0 aliphatic rings. The van der Waals surface area contributed by atoms with Crippen molar-refractivity contribution in [2.75, 3.05) is 19.0 Å². The highest BCUT2D eigenvalue weighted by Crippen LogP contribution is 2.20. The predicted octanol–water partition coefficient (Wildman–Crippen LogP) is 3.61. The summed E-state index contributed by atoms with van der Waals surface area (Å²) in [6.45, 7) is 0.266. The molecule has 0 aliphatic carbocycles. The van der Waals surface area contributed by atoms with Crippen LogP contribution in [-0.4, -0.2) is 20.0 Å². The Balaban J connectivity index is 2.05. The van der Waals surface area contributed by atoms with Gasteiger partial charge in [0.15, 0.2) is 11.6 Å². The number of hydrogen-bond acceptors (Lipinski definition) is 2. The van der Waals surface area contributed by atoms with Gasteiger partial charge in [0.1, 0.15) is 0 Å². The number of amides is 1. The van der Waals surface area contributed by atoms with Crippen LogP contribution >= 0.6 is 11.6 Å². The molecule has 0 aliphatic heterocycles. The molecule has 1 amide bonds. The lowest BCUT2D eigenvalue weighted by atomic mass is 10.1. The van der Waals surface area contributed by atoms with Gasteiger partial charge in [-0.2, -0.15) is 0 Å². The summed E-state index contributed by atoms with van der Waals surface area (Å²) >= 11 is 5.76. The maximum absolute atomic E-state index is 13.2. The van der Waals surface area contributed by atoms with E-state index in [2.05, 4.69) is 5.32 Å². The second kappa shape index (κ2) is 6.75. The van der Waals surface area contributed by atoms with E-state index in [1.807, 2.05) is 43.3 Å². The van der Waals surface area contributed by atoms with Gasteiger partial charge in [-0.25, -0.2) is 8.78 Å². The minimum Gasteiger partial charge on any atom is -0.378 e. The number of halogens is 3. The molecule has 0 radical (unpaired) electrons. The zero-order valence-corrected chi connectivity index (χ0v) is 12.9. The van der Waals surface area contributed by atoms with Crippen molar-refractivity contribution in [1.29, 1.82) is 0 Å². The average Bonchev–Trinajstić information content (AvgIpc) is 2.49. The van der Waals surface area contributed by atoms with Gasteiger partial charge in [0.2, 0.25) is 0 Å². The standard InChI is InChI=1S/C16H15ClF2N2O/c1-21(2)11-5-3-10(4-6-11)9-20-16(22)12-7-14(18)15(19)8-13(12)17/h3-8H,9H2,1-2H3,(H,20,22). The Hall–Kier alpha value is -2.14. The Labute approximate surface area is 132 Å². The molecule has 0 spiro atoms. The van der Waals surface area contributed by atoms with E-state index in [0.717, 1.165) is 23.4 Å². The van der Waals surface area contributed by atoms with Crippen LogP contribution in [0.25, 0.3) is 0 Å². The third-order valence-corrected chi connectivity index (χ3v) is 3.47. The molecule has 0 unspecified atom stereocenters. The molecule has 0 aromatic heterocycles. The van der Waals surface area contributed by atoms with Crippen LogP contribution in [0.2, 0.25) is 5.02 Å². The Morgan fingerprint density at radius 2 is 1.73 bits per heavy atom. The van der Waals surface area contributed by atoms with Crippen molar-refractivity contribution in [3.8, 4) is 0 Å². The smallest absolute Gasteiger partial charge is 0.253 e. The van der Waals surface area contributed by atoms with Crippen molar-refractivity contribution in [2.24, 2.45) is 0 Å². The fourth-order valence-corrected chi connectivity index (χ4v) is 2.12. The van der Waals surface area contributed by atoms with Gasteiger partial charge in [-0.05, 0) is 29.8 Å². The molecule has 22 heavy (non-hydrogen) atoms. The van der Waals surface area contributed by atoms with Gasteiger partial charge in [-0.15, -0.1) is 0 Å². The first-order valence-corrected chi connectivity index (χ1v) is 6.95. The number of anilines is 1. The molecule has 1 N–H and O–H groups in total. The Morgan fingerprint density at radius 1 is 1.14 bits per heavy atom. The molecule has 0 fully saturated rings. The summed E-state index contributed by atoms with van der Waals surface area (Å²) in [4.78, 5) is 13.9. The van der Waals surface area contributed by atoms with Crippen molar-refractivity contribution in [2.45, 2.75) is 6.54 Å². The summed E-state index contributed by atoms with van der Waals surface area (Å²) in [6.07, 6.45) is 0. The third kappa shape index (κ3) is 3.74. The van der Waals surface area contributed by atoms with Crippen LogP contribution in [0.3, 0.4) is 0 Å². The number of hydrogen-bond donors (Lipinski definition) is 1. The van der Waals surface area contributed by atoms with Gasteiger partial charge in [0, 0.05) is 26.3 Å². The number of carbonyl (C=O) groups excluding carboxylic acids is 1. The summed E-state index contributed by atoms with van der Waals surface area (Å²) in [5.74, 6) is -2.74. The number of nitrogens with zero attached hydrogens (tertiary/aromatic N) is 1. The second-order valence-electron chi connectivity index (χ2n) is 4.99. The topological polar surface area (TPSA) is 32.3 Å². The lowest BCUT2D eigenvalue weighted by Gasteiger charge is -2.13. The van der Waals surface area contributed by atoms with E-state index >= 15 is 0 Å². The largest absolute Gasteiger partial charge is 0.378 e. The maximum atomic E-state index is 13.2. The predicted molar refractivity (Wildman–Crippen MR) is 83.3 cm³/mol. The maximum Gasteiger partial charge on any atom is 0.253 e. The molecule has 0 saturated heterocycles. The van der Waals surface area contributed by atoms with Crippen molar-refractivity contribution >= 4 is 23.2 Å². The van der Waals surface area contributed by atoms with E-state index in [0.29, 0.717) is 0 Å². The van der Waals surface area contributed by atoms with Crippen molar-refractivity contribution in [3.05, 3.63) is 64.2 Å². The van der Waals surface area contributed by atoms with Crippen molar-refractivity contribution in [1.82, 2.24) is 5.32 Å². The molecule has 0 heterocycles. The van der Waals surface area contributed by atoms with Crippen LogP contribution in [0, 0.1) is 11.6 Å². The summed E-state index contributed by atoms with van der Waals surface area (Å²) in [5.41, 5.74) is 1.84. The number of benzene rings is 2. The Kier molecular flexibility index (Phi) is 4.98. The quantitative estimate of drug-likeness (QED) is 0.871. The molecule has 2 aromatic carbocycles. The fraction of sp³-hybridized carbons (Fsp3) is 0.188. The molecule has 6 heteroatoms. The Morgan fingerprint density at radius 3 is 2.32 bits per heavy atom. The molecule has 3 nitrogen and oxygen atoms in total. The van der Waals surface area contributed by atoms with Gasteiger partial charge in [0.25, 0.3) is 5.91 Å². The molecule has 2 aromatic rings. The van der Waals surface area contributed by atoms with Crippen molar-refractivity contribution < 1.29 is 13.6 Å². The van der Waals surface area contributed by atoms with Gasteiger partial charge in [0.05, 0.1) is 10.6 Å². The molecule has 0 atom stereocenters. The minimum absolute atomic E-state index is 0.0921. The van der Waals surface area contributed by atoms with E-state index in [9.17, 15) is 13.6 Å². The van der Waals surface area contributed by atoms with E-state index in [4.69, 9.17) is 11.6 Å². The van der Waals surface area contributed by atoms with Gasteiger partial charge in [-0.3, -0.25) is 4.79 Å². The first-order valence-electron chi connectivity index (χ1n) is 6.57. The first-order chi connectivity index (χ1) is 10.4. The second-order valence-corrected chi connectivity index (χ2v) is 5.40. The molecular weight excluding hydrogens is 310 g/mol. The van der Waals surface area contributed by atoms with Crippen molar-refractivity contribution in [3.63, 3.8) is 0 Å². The number of nitrogens with one attached hydrogen (secondary N) is 1. The summed E-state index contributed by atoms with van der Waals surface area (Å²) in [7, 11) is 3.86. The molecule has 0 bridgehead atoms. The minimum atomic E-state index is -1.11. The first kappa shape index (κ1) is 16.2. The van der Waals surface area contributed by atoms with E-state index < -0.39 is 17.5 Å². The summed E-state index contributed by atoms with van der Waals surface area (Å²) in [5, 5.41) is 2.50. The monoisotopic (exact) mass is 324 g/mol. The highest BCUT2D eigenvalue weighted by molar-refractivity contribution is 6.33. The van der Waals surface area contributed by atoms with Gasteiger partial charge >= 0.3 is 0 Å². The summed E-state index contributed by atoms with van der Waals surface area (Å²) < 4.78 is 26.2. The van der Waals surface area contributed by atoms with Crippen LogP contribution < -0.4 is 10.2 Å². The Bertz CT molecular complexity index is 687. The van der Waals surface area contributed by atoms with Crippen LogP contribution in [0.4, 0.5) is 14.5 Å². The SMILES string of the molecule is CN(C)c1ccc(CNC(=O)c2cc(F)c(F)cc2Cl)cc1. The van der Waals surface area contributed by atoms with E-state index in [1.54, 1.807) is 0 Å². The zero-order chi connectivity index (χ0) is 16.3. The van der Waals surface area contributed by atoms with Crippen LogP contribution in [-0.2, 0) is 6.54 Å². The zero-order valence-electron chi connectivity index (χ0n) is 12.2. The molecule has 116 valence electrons. The third-order valence-electron chi connectivity index (χ3n) is 3.16.